The van der Waals surface area contributed by atoms with Crippen LogP contribution in [0, 0.1) is 0 Å². The van der Waals surface area contributed by atoms with Crippen LogP contribution in [0.1, 0.15) is 21.1 Å². The third-order valence-electron chi connectivity index (χ3n) is 3.71. The Labute approximate surface area is 146 Å². The fraction of sp³-hybridized carbons (Fsp3) is 0.0526. The molecule has 0 aliphatic carbocycles. The average molecular weight is 355 g/mol. The van der Waals surface area contributed by atoms with Crippen LogP contribution in [0.25, 0.3) is 21.9 Å². The van der Waals surface area contributed by atoms with E-state index in [1.165, 1.54) is 6.07 Å². The Morgan fingerprint density at radius 1 is 0.880 bits per heavy atom. The monoisotopic (exact) mass is 354 g/mol. The van der Waals surface area contributed by atoms with Crippen molar-refractivity contribution in [3.63, 3.8) is 0 Å². The first-order valence-corrected chi connectivity index (χ1v) is 7.86. The Bertz CT molecular complexity index is 1070. The van der Waals surface area contributed by atoms with Gasteiger partial charge in [-0.1, -0.05) is 29.8 Å². The van der Waals surface area contributed by atoms with Crippen LogP contribution in [0.15, 0.2) is 63.4 Å². The fourth-order valence-corrected chi connectivity index (χ4v) is 2.69. The molecule has 0 spiro atoms. The highest BCUT2D eigenvalue weighted by atomic mass is 35.5. The van der Waals surface area contributed by atoms with Crippen LogP contribution < -0.4 is 0 Å². The Balaban J connectivity index is 1.47. The Hall–Kier alpha value is -3.05. The van der Waals surface area contributed by atoms with Gasteiger partial charge in [-0.05, 0) is 36.4 Å². The topological polar surface area (TPSA) is 69.7 Å². The predicted molar refractivity (Wildman–Crippen MR) is 92.1 cm³/mol. The second-order valence-electron chi connectivity index (χ2n) is 5.44. The summed E-state index contributed by atoms with van der Waals surface area (Å²) in [6, 6.07) is 15.4. The lowest BCUT2D eigenvalue weighted by Gasteiger charge is -1.99. The molecule has 6 heteroatoms. The number of ether oxygens (including phenoxy) is 1. The maximum atomic E-state index is 12.1. The van der Waals surface area contributed by atoms with Crippen LogP contribution in [0.4, 0.5) is 0 Å². The molecule has 0 N–H and O–H groups in total. The van der Waals surface area contributed by atoms with Crippen molar-refractivity contribution in [1.29, 1.82) is 0 Å². The minimum absolute atomic E-state index is 0.00896. The first kappa shape index (κ1) is 15.5. The summed E-state index contributed by atoms with van der Waals surface area (Å²) < 4.78 is 15.9. The minimum Gasteiger partial charge on any atom is -0.453 e. The number of fused-ring (bicyclic) bond motifs is 2. The zero-order chi connectivity index (χ0) is 17.4. The summed E-state index contributed by atoms with van der Waals surface area (Å²) in [4.78, 5) is 24.2. The van der Waals surface area contributed by atoms with E-state index in [0.717, 1.165) is 5.39 Å². The molecule has 0 bridgehead atoms. The van der Waals surface area contributed by atoms with Crippen LogP contribution in [0.2, 0.25) is 5.02 Å². The Kier molecular flexibility index (Phi) is 3.78. The largest absolute Gasteiger partial charge is 0.453 e. The normalized spacial score (nSPS) is 11.1. The minimum atomic E-state index is -0.725. The summed E-state index contributed by atoms with van der Waals surface area (Å²) in [7, 11) is 0. The number of ketones is 1. The van der Waals surface area contributed by atoms with Gasteiger partial charge in [0.1, 0.15) is 11.2 Å². The van der Waals surface area contributed by atoms with Gasteiger partial charge in [0, 0.05) is 15.8 Å². The van der Waals surface area contributed by atoms with Gasteiger partial charge >= 0.3 is 5.97 Å². The molecule has 0 aliphatic heterocycles. The lowest BCUT2D eigenvalue weighted by atomic mass is 10.2. The molecular formula is C19H11ClO5. The van der Waals surface area contributed by atoms with Crippen molar-refractivity contribution in [3.05, 3.63) is 71.1 Å². The van der Waals surface area contributed by atoms with Crippen LogP contribution in [-0.2, 0) is 4.74 Å². The van der Waals surface area contributed by atoms with Crippen molar-refractivity contribution in [2.45, 2.75) is 0 Å². The van der Waals surface area contributed by atoms with Gasteiger partial charge in [-0.3, -0.25) is 4.79 Å². The summed E-state index contributed by atoms with van der Waals surface area (Å²) >= 11 is 5.90. The number of esters is 1. The number of hydrogen-bond acceptors (Lipinski definition) is 5. The second-order valence-corrected chi connectivity index (χ2v) is 5.88. The summed E-state index contributed by atoms with van der Waals surface area (Å²) in [6.07, 6.45) is 0. The van der Waals surface area contributed by atoms with Crippen LogP contribution in [0.3, 0.4) is 0 Å². The number of carbonyl (C=O) groups is 2. The lowest BCUT2D eigenvalue weighted by Crippen LogP contribution is -2.13. The van der Waals surface area contributed by atoms with Crippen molar-refractivity contribution in [1.82, 2.24) is 0 Å². The van der Waals surface area contributed by atoms with E-state index in [0.29, 0.717) is 21.6 Å². The molecule has 25 heavy (non-hydrogen) atoms. The molecule has 0 fully saturated rings. The van der Waals surface area contributed by atoms with Gasteiger partial charge in [0.2, 0.25) is 11.5 Å². The first-order valence-electron chi connectivity index (χ1n) is 7.48. The summed E-state index contributed by atoms with van der Waals surface area (Å²) in [5, 5.41) is 2.03. The summed E-state index contributed by atoms with van der Waals surface area (Å²) in [5.74, 6) is -0.999. The highest BCUT2D eigenvalue weighted by Crippen LogP contribution is 2.24. The maximum absolute atomic E-state index is 12.1. The van der Waals surface area contributed by atoms with E-state index >= 15 is 0 Å². The van der Waals surface area contributed by atoms with Gasteiger partial charge in [0.25, 0.3) is 0 Å². The SMILES string of the molecule is O=C(COC(=O)c1cc2cc(Cl)ccc2o1)c1cc2ccccc2o1. The first-order chi connectivity index (χ1) is 12.1. The van der Waals surface area contributed by atoms with E-state index in [9.17, 15) is 9.59 Å². The van der Waals surface area contributed by atoms with Gasteiger partial charge in [-0.15, -0.1) is 0 Å². The van der Waals surface area contributed by atoms with Gasteiger partial charge in [-0.25, -0.2) is 4.79 Å². The molecule has 0 aliphatic rings. The molecule has 0 atom stereocenters. The molecule has 0 saturated heterocycles. The lowest BCUT2D eigenvalue weighted by molar-refractivity contribution is 0.0440. The van der Waals surface area contributed by atoms with Gasteiger partial charge < -0.3 is 13.6 Å². The highest BCUT2D eigenvalue weighted by molar-refractivity contribution is 6.31. The number of rotatable bonds is 4. The molecule has 2 heterocycles. The number of Topliss-reactive ketones (excluding diaryl/α,β-unsaturated/α-hetero) is 1. The van der Waals surface area contributed by atoms with Gasteiger partial charge in [-0.2, -0.15) is 0 Å². The van der Waals surface area contributed by atoms with Crippen molar-refractivity contribution >= 4 is 45.3 Å². The molecule has 4 aromatic rings. The number of carbonyl (C=O) groups excluding carboxylic acids is 2. The van der Waals surface area contributed by atoms with Gasteiger partial charge in [0.15, 0.2) is 12.4 Å². The van der Waals surface area contributed by atoms with Crippen LogP contribution >= 0.6 is 11.6 Å². The van der Waals surface area contributed by atoms with Crippen molar-refractivity contribution in [2.75, 3.05) is 6.61 Å². The summed E-state index contributed by atoms with van der Waals surface area (Å²) in [5.41, 5.74) is 1.12. The van der Waals surface area contributed by atoms with E-state index in [1.807, 2.05) is 18.2 Å². The van der Waals surface area contributed by atoms with E-state index in [1.54, 1.807) is 30.3 Å². The zero-order valence-electron chi connectivity index (χ0n) is 12.8. The van der Waals surface area contributed by atoms with Crippen LogP contribution in [-0.4, -0.2) is 18.4 Å². The predicted octanol–water partition coefficient (Wildman–Crippen LogP) is 4.87. The zero-order valence-corrected chi connectivity index (χ0v) is 13.6. The standard InChI is InChI=1S/C19H11ClO5/c20-13-5-6-16-12(7-13)9-18(25-16)19(22)23-10-14(21)17-8-11-3-1-2-4-15(11)24-17/h1-9H,10H2. The third-order valence-corrected chi connectivity index (χ3v) is 3.95. The molecule has 0 amide bonds. The summed E-state index contributed by atoms with van der Waals surface area (Å²) in [6.45, 7) is -0.434. The molecule has 0 radical (unpaired) electrons. The van der Waals surface area contributed by atoms with E-state index < -0.39 is 18.4 Å². The molecule has 0 saturated carbocycles. The van der Waals surface area contributed by atoms with Crippen molar-refractivity contribution in [3.8, 4) is 0 Å². The third kappa shape index (κ3) is 3.02. The Morgan fingerprint density at radius 3 is 2.44 bits per heavy atom. The number of furan rings is 2. The number of halogens is 1. The van der Waals surface area contributed by atoms with Gasteiger partial charge in [0.05, 0.1) is 0 Å². The number of benzene rings is 2. The average Bonchev–Trinajstić information content (AvgIpc) is 3.22. The molecular weight excluding hydrogens is 344 g/mol. The molecule has 2 aromatic heterocycles. The van der Waals surface area contributed by atoms with Crippen molar-refractivity contribution in [2.24, 2.45) is 0 Å². The molecule has 4 rings (SSSR count). The highest BCUT2D eigenvalue weighted by Gasteiger charge is 2.18. The molecule has 2 aromatic carbocycles. The smallest absolute Gasteiger partial charge is 0.374 e. The maximum Gasteiger partial charge on any atom is 0.374 e. The fourth-order valence-electron chi connectivity index (χ4n) is 2.51. The molecule has 124 valence electrons. The second kappa shape index (κ2) is 6.11. The molecule has 5 nitrogen and oxygen atoms in total. The molecule has 0 unspecified atom stereocenters. The van der Waals surface area contributed by atoms with E-state index in [4.69, 9.17) is 25.2 Å². The van der Waals surface area contributed by atoms with E-state index in [2.05, 4.69) is 0 Å². The van der Waals surface area contributed by atoms with Crippen molar-refractivity contribution < 1.29 is 23.2 Å². The number of hydrogen-bond donors (Lipinski definition) is 0. The van der Waals surface area contributed by atoms with E-state index in [-0.39, 0.29) is 11.5 Å². The quantitative estimate of drug-likeness (QED) is 0.386. The Morgan fingerprint density at radius 2 is 1.60 bits per heavy atom. The van der Waals surface area contributed by atoms with Crippen LogP contribution in [0.5, 0.6) is 0 Å². The number of para-hydroxylation sites is 1.